The van der Waals surface area contributed by atoms with Crippen LogP contribution in [0.5, 0.6) is 11.9 Å². The number of nitrogens with zero attached hydrogens (tertiary/aromatic N) is 2. The number of methoxy groups -OCH3 is 1. The second kappa shape index (κ2) is 6.20. The summed E-state index contributed by atoms with van der Waals surface area (Å²) in [5, 5.41) is 0.401. The Hall–Kier alpha value is -1.07. The first-order valence-electron chi connectivity index (χ1n) is 6.14. The molecule has 2 unspecified atom stereocenters. The van der Waals surface area contributed by atoms with Gasteiger partial charge in [-0.1, -0.05) is 18.0 Å². The van der Waals surface area contributed by atoms with Crippen molar-refractivity contribution in [3.05, 3.63) is 11.2 Å². The van der Waals surface area contributed by atoms with Crippen molar-refractivity contribution in [1.82, 2.24) is 9.97 Å². The van der Waals surface area contributed by atoms with Crippen LogP contribution in [-0.2, 0) is 0 Å². The highest BCUT2D eigenvalue weighted by Gasteiger charge is 2.27. The summed E-state index contributed by atoms with van der Waals surface area (Å²) in [5.41, 5.74) is 5.74. The number of halogens is 1. The molecule has 0 aromatic carbocycles. The van der Waals surface area contributed by atoms with E-state index in [0.717, 1.165) is 13.0 Å². The molecule has 0 saturated heterocycles. The predicted octanol–water partition coefficient (Wildman–Crippen LogP) is 1.89. The van der Waals surface area contributed by atoms with Crippen molar-refractivity contribution < 1.29 is 9.47 Å². The molecule has 0 amide bonds. The summed E-state index contributed by atoms with van der Waals surface area (Å²) < 4.78 is 10.6. The van der Waals surface area contributed by atoms with Gasteiger partial charge in [0.2, 0.25) is 5.88 Å². The molecule has 6 heteroatoms. The maximum absolute atomic E-state index is 5.98. The molecule has 0 aliphatic heterocycles. The molecule has 1 aromatic rings. The van der Waals surface area contributed by atoms with Crippen LogP contribution >= 0.6 is 11.6 Å². The van der Waals surface area contributed by atoms with E-state index in [9.17, 15) is 0 Å². The van der Waals surface area contributed by atoms with Crippen LogP contribution in [0.1, 0.15) is 19.3 Å². The highest BCUT2D eigenvalue weighted by molar-refractivity contribution is 6.31. The summed E-state index contributed by atoms with van der Waals surface area (Å²) in [7, 11) is 1.51. The molecular formula is C12H18ClN3O2. The monoisotopic (exact) mass is 271 g/mol. The molecule has 18 heavy (non-hydrogen) atoms. The van der Waals surface area contributed by atoms with E-state index >= 15 is 0 Å². The van der Waals surface area contributed by atoms with Gasteiger partial charge in [-0.25, -0.2) is 4.98 Å². The Morgan fingerprint density at radius 3 is 2.94 bits per heavy atom. The Balaban J connectivity index is 1.97. The lowest BCUT2D eigenvalue weighted by Crippen LogP contribution is -2.23. The quantitative estimate of drug-likeness (QED) is 0.886. The summed E-state index contributed by atoms with van der Waals surface area (Å²) in [6.07, 6.45) is 5.04. The highest BCUT2D eigenvalue weighted by Crippen LogP contribution is 2.32. The summed E-state index contributed by atoms with van der Waals surface area (Å²) in [6.45, 7) is 1.32. The van der Waals surface area contributed by atoms with Gasteiger partial charge in [-0.2, -0.15) is 4.98 Å². The standard InChI is InChI=1S/C12H18ClN3O2/c1-17-12-15-6-10(13)11(16-12)18-7-9-4-2-3-8(9)5-14/h6,8-9H,2-5,7,14H2,1H3. The second-order valence-corrected chi connectivity index (χ2v) is 4.91. The Morgan fingerprint density at radius 2 is 2.22 bits per heavy atom. The lowest BCUT2D eigenvalue weighted by Gasteiger charge is -2.18. The van der Waals surface area contributed by atoms with Crippen molar-refractivity contribution in [2.24, 2.45) is 17.6 Å². The van der Waals surface area contributed by atoms with E-state index < -0.39 is 0 Å². The fourth-order valence-corrected chi connectivity index (χ4v) is 2.51. The maximum atomic E-state index is 5.98. The molecule has 1 aromatic heterocycles. The third-order valence-corrected chi connectivity index (χ3v) is 3.69. The van der Waals surface area contributed by atoms with E-state index in [0.29, 0.717) is 29.3 Å². The van der Waals surface area contributed by atoms with Crippen molar-refractivity contribution in [3.8, 4) is 11.9 Å². The van der Waals surface area contributed by atoms with Gasteiger partial charge < -0.3 is 15.2 Å². The van der Waals surface area contributed by atoms with E-state index in [2.05, 4.69) is 9.97 Å². The molecule has 0 bridgehead atoms. The molecule has 1 heterocycles. The van der Waals surface area contributed by atoms with Crippen LogP contribution in [0.15, 0.2) is 6.20 Å². The number of hydrogen-bond acceptors (Lipinski definition) is 5. The molecule has 1 saturated carbocycles. The van der Waals surface area contributed by atoms with Crippen LogP contribution in [0, 0.1) is 11.8 Å². The predicted molar refractivity (Wildman–Crippen MR) is 69.0 cm³/mol. The Labute approximate surface area is 112 Å². The summed E-state index contributed by atoms with van der Waals surface area (Å²) >= 11 is 5.98. The first-order chi connectivity index (χ1) is 8.74. The Morgan fingerprint density at radius 1 is 1.44 bits per heavy atom. The first-order valence-corrected chi connectivity index (χ1v) is 6.51. The molecule has 1 aliphatic carbocycles. The van der Waals surface area contributed by atoms with Crippen LogP contribution in [-0.4, -0.2) is 30.2 Å². The van der Waals surface area contributed by atoms with Crippen molar-refractivity contribution in [3.63, 3.8) is 0 Å². The number of ether oxygens (including phenoxy) is 2. The van der Waals surface area contributed by atoms with Crippen LogP contribution in [0.4, 0.5) is 0 Å². The van der Waals surface area contributed by atoms with Crippen LogP contribution in [0.25, 0.3) is 0 Å². The van der Waals surface area contributed by atoms with E-state index in [-0.39, 0.29) is 6.01 Å². The molecule has 2 atom stereocenters. The molecule has 5 nitrogen and oxygen atoms in total. The van der Waals surface area contributed by atoms with Crippen LogP contribution < -0.4 is 15.2 Å². The minimum absolute atomic E-state index is 0.260. The van der Waals surface area contributed by atoms with Crippen LogP contribution in [0.2, 0.25) is 5.02 Å². The van der Waals surface area contributed by atoms with Gasteiger partial charge in [0, 0.05) is 0 Å². The van der Waals surface area contributed by atoms with Gasteiger partial charge in [0.15, 0.2) is 0 Å². The van der Waals surface area contributed by atoms with Gasteiger partial charge >= 0.3 is 6.01 Å². The average molecular weight is 272 g/mol. The van der Waals surface area contributed by atoms with Gasteiger partial charge in [0.25, 0.3) is 0 Å². The summed E-state index contributed by atoms with van der Waals surface area (Å²) in [6, 6.07) is 0.260. The Bertz CT molecular complexity index is 403. The lowest BCUT2D eigenvalue weighted by molar-refractivity contribution is 0.208. The van der Waals surface area contributed by atoms with Gasteiger partial charge in [0.1, 0.15) is 5.02 Å². The molecule has 100 valence electrons. The first kappa shape index (κ1) is 13.4. The third kappa shape index (κ3) is 3.03. The molecule has 1 fully saturated rings. The maximum Gasteiger partial charge on any atom is 0.319 e. The van der Waals surface area contributed by atoms with Gasteiger partial charge in [0.05, 0.1) is 19.9 Å². The smallest absolute Gasteiger partial charge is 0.319 e. The van der Waals surface area contributed by atoms with E-state index in [1.807, 2.05) is 0 Å². The topological polar surface area (TPSA) is 70.3 Å². The van der Waals surface area contributed by atoms with Gasteiger partial charge in [-0.3, -0.25) is 0 Å². The zero-order valence-electron chi connectivity index (χ0n) is 10.4. The number of nitrogens with two attached hydrogens (primary N) is 1. The van der Waals surface area contributed by atoms with E-state index in [4.69, 9.17) is 26.8 Å². The molecule has 2 N–H and O–H groups in total. The molecule has 1 aliphatic rings. The largest absolute Gasteiger partial charge is 0.476 e. The van der Waals surface area contributed by atoms with Crippen molar-refractivity contribution in [2.45, 2.75) is 19.3 Å². The normalized spacial score (nSPS) is 23.1. The number of rotatable bonds is 5. The lowest BCUT2D eigenvalue weighted by atomic mass is 9.97. The molecular weight excluding hydrogens is 254 g/mol. The van der Waals surface area contributed by atoms with E-state index in [1.165, 1.54) is 26.1 Å². The van der Waals surface area contributed by atoms with Crippen LogP contribution in [0.3, 0.4) is 0 Å². The summed E-state index contributed by atoms with van der Waals surface area (Å²) in [4.78, 5) is 7.99. The zero-order valence-corrected chi connectivity index (χ0v) is 11.2. The fraction of sp³-hybridized carbons (Fsp3) is 0.667. The molecule has 2 rings (SSSR count). The molecule has 0 spiro atoms. The van der Waals surface area contributed by atoms with Crippen molar-refractivity contribution in [1.29, 1.82) is 0 Å². The highest BCUT2D eigenvalue weighted by atomic mass is 35.5. The zero-order chi connectivity index (χ0) is 13.0. The molecule has 0 radical (unpaired) electrons. The third-order valence-electron chi connectivity index (χ3n) is 3.43. The van der Waals surface area contributed by atoms with E-state index in [1.54, 1.807) is 0 Å². The minimum Gasteiger partial charge on any atom is -0.476 e. The minimum atomic E-state index is 0.260. The van der Waals surface area contributed by atoms with Gasteiger partial charge in [-0.15, -0.1) is 0 Å². The number of aromatic nitrogens is 2. The van der Waals surface area contributed by atoms with Crippen molar-refractivity contribution in [2.75, 3.05) is 20.3 Å². The van der Waals surface area contributed by atoms with Crippen molar-refractivity contribution >= 4 is 11.6 Å². The fourth-order valence-electron chi connectivity index (χ4n) is 2.37. The SMILES string of the molecule is COc1ncc(Cl)c(OCC2CCCC2CN)n1. The number of hydrogen-bond donors (Lipinski definition) is 1. The average Bonchev–Trinajstić information content (AvgIpc) is 2.85. The van der Waals surface area contributed by atoms with Gasteiger partial charge in [-0.05, 0) is 31.2 Å². The second-order valence-electron chi connectivity index (χ2n) is 4.51. The Kier molecular flexibility index (Phi) is 4.60. The summed E-state index contributed by atoms with van der Waals surface area (Å²) in [5.74, 6) is 1.42.